The van der Waals surface area contributed by atoms with Crippen molar-refractivity contribution in [3.05, 3.63) is 64.7 Å². The lowest BCUT2D eigenvalue weighted by molar-refractivity contribution is -0.153. The van der Waals surface area contributed by atoms with Gasteiger partial charge in [-0.3, -0.25) is 9.59 Å². The van der Waals surface area contributed by atoms with Crippen LogP contribution < -0.4 is 4.74 Å². The largest absolute Gasteiger partial charge is 0.487 e. The fourth-order valence-corrected chi connectivity index (χ4v) is 5.79. The van der Waals surface area contributed by atoms with Crippen LogP contribution in [-0.4, -0.2) is 50.8 Å². The summed E-state index contributed by atoms with van der Waals surface area (Å²) in [4.78, 5) is 26.1. The van der Waals surface area contributed by atoms with Gasteiger partial charge in [-0.2, -0.15) is 0 Å². The zero-order valence-electron chi connectivity index (χ0n) is 22.9. The highest BCUT2D eigenvalue weighted by molar-refractivity contribution is 5.96. The van der Waals surface area contributed by atoms with Gasteiger partial charge >= 0.3 is 5.97 Å². The van der Waals surface area contributed by atoms with Crippen molar-refractivity contribution in [2.24, 2.45) is 5.92 Å². The third kappa shape index (κ3) is 6.94. The third-order valence-electron chi connectivity index (χ3n) is 7.69. The number of aliphatic hydroxyl groups is 1. The Hall–Kier alpha value is -3.04. The molecule has 4 rings (SSSR count). The molecule has 0 spiro atoms. The molecule has 1 saturated heterocycles. The first-order valence-electron chi connectivity index (χ1n) is 13.4. The van der Waals surface area contributed by atoms with Gasteiger partial charge in [-0.25, -0.2) is 8.78 Å². The van der Waals surface area contributed by atoms with Gasteiger partial charge in [0.25, 0.3) is 5.91 Å². The summed E-state index contributed by atoms with van der Waals surface area (Å²) in [6.45, 7) is 6.76. The van der Waals surface area contributed by atoms with Crippen LogP contribution in [0.2, 0.25) is 0 Å². The zero-order valence-corrected chi connectivity index (χ0v) is 22.9. The average Bonchev–Trinajstić information content (AvgIpc) is 2.81. The Balaban J connectivity index is 1.63. The van der Waals surface area contributed by atoms with Crippen LogP contribution in [-0.2, 0) is 16.1 Å². The number of rotatable bonds is 9. The topological polar surface area (TPSA) is 96.3 Å². The SMILES string of the molecule is C[C@@H]1CC[C@@H]2[C@@H](O1)c1cc(C(=O)N(CC(=O)O)Cc3cc(F)cc(F)c3)ccc1O[C@]2(C)CCCC(C)(C)O. The van der Waals surface area contributed by atoms with Crippen LogP contribution in [0.1, 0.15) is 87.4 Å². The number of aliphatic carboxylic acids is 1. The molecule has 0 aromatic heterocycles. The Morgan fingerprint density at radius 3 is 2.46 bits per heavy atom. The van der Waals surface area contributed by atoms with Gasteiger partial charge in [0.15, 0.2) is 0 Å². The molecule has 9 heteroatoms. The molecule has 1 amide bonds. The van der Waals surface area contributed by atoms with Crippen molar-refractivity contribution in [1.29, 1.82) is 0 Å². The molecule has 7 nitrogen and oxygen atoms in total. The molecule has 0 radical (unpaired) electrons. The van der Waals surface area contributed by atoms with Crippen LogP contribution in [0.5, 0.6) is 5.75 Å². The zero-order chi connectivity index (χ0) is 28.5. The van der Waals surface area contributed by atoms with Crippen molar-refractivity contribution in [2.75, 3.05) is 6.54 Å². The standard InChI is InChI=1S/C30H37F2NO6/c1-18-6-8-24-27(38-18)23-14-20(7-9-25(23)39-30(24,4)11-5-10-29(2,3)37)28(36)33(17-26(34)35)16-19-12-21(31)15-22(32)13-19/h7,9,12-15,18,24,27,37H,5-6,8,10-11,16-17H2,1-4H3,(H,34,35)/t18-,24-,27+,30-/m1/s1. The van der Waals surface area contributed by atoms with Crippen molar-refractivity contribution in [1.82, 2.24) is 4.90 Å². The van der Waals surface area contributed by atoms with E-state index in [0.29, 0.717) is 12.2 Å². The highest BCUT2D eigenvalue weighted by atomic mass is 19.1. The first kappa shape index (κ1) is 29.0. The van der Waals surface area contributed by atoms with Gasteiger partial charge in [0.1, 0.15) is 29.5 Å². The lowest BCUT2D eigenvalue weighted by Crippen LogP contribution is -2.50. The molecular formula is C30H37F2NO6. The van der Waals surface area contributed by atoms with E-state index in [9.17, 15) is 28.6 Å². The molecule has 212 valence electrons. The Kier molecular flexibility index (Phi) is 8.33. The summed E-state index contributed by atoms with van der Waals surface area (Å²) in [5.74, 6) is -2.81. The Labute approximate surface area is 227 Å². The van der Waals surface area contributed by atoms with Crippen molar-refractivity contribution < 1.29 is 38.1 Å². The summed E-state index contributed by atoms with van der Waals surface area (Å²) in [6.07, 6.45) is 3.58. The number of carbonyl (C=O) groups excluding carboxylic acids is 1. The van der Waals surface area contributed by atoms with E-state index in [0.717, 1.165) is 54.3 Å². The van der Waals surface area contributed by atoms with Crippen molar-refractivity contribution in [3.8, 4) is 5.75 Å². The minimum atomic E-state index is -1.24. The van der Waals surface area contributed by atoms with E-state index in [1.165, 1.54) is 0 Å². The monoisotopic (exact) mass is 545 g/mol. The van der Waals surface area contributed by atoms with Crippen LogP contribution in [0.25, 0.3) is 0 Å². The molecule has 0 unspecified atom stereocenters. The molecule has 0 bridgehead atoms. The number of nitrogens with zero attached hydrogens (tertiary/aromatic N) is 1. The van der Waals surface area contributed by atoms with Gasteiger partial charge in [-0.05, 0) is 95.7 Å². The molecule has 2 aliphatic heterocycles. The number of benzene rings is 2. The van der Waals surface area contributed by atoms with Crippen LogP contribution in [0.3, 0.4) is 0 Å². The number of amides is 1. The summed E-state index contributed by atoms with van der Waals surface area (Å²) < 4.78 is 40.4. The van der Waals surface area contributed by atoms with Crippen molar-refractivity contribution >= 4 is 11.9 Å². The molecule has 2 N–H and O–H groups in total. The van der Waals surface area contributed by atoms with Crippen LogP contribution in [0.4, 0.5) is 8.78 Å². The number of carboxylic acids is 1. The van der Waals surface area contributed by atoms with E-state index in [-0.39, 0.29) is 35.8 Å². The van der Waals surface area contributed by atoms with Gasteiger partial charge in [-0.1, -0.05) is 0 Å². The number of carboxylic acid groups (broad SMARTS) is 1. The van der Waals surface area contributed by atoms with Crippen molar-refractivity contribution in [2.45, 2.75) is 89.8 Å². The lowest BCUT2D eigenvalue weighted by atomic mass is 9.72. The number of hydrogen-bond donors (Lipinski definition) is 2. The average molecular weight is 546 g/mol. The number of ether oxygens (including phenoxy) is 2. The predicted molar refractivity (Wildman–Crippen MR) is 140 cm³/mol. The Bertz CT molecular complexity index is 1210. The Morgan fingerprint density at radius 2 is 1.82 bits per heavy atom. The molecular weight excluding hydrogens is 508 g/mol. The maximum Gasteiger partial charge on any atom is 0.323 e. The molecule has 0 saturated carbocycles. The number of halogens is 2. The van der Waals surface area contributed by atoms with Gasteiger partial charge in [0.05, 0.1) is 17.8 Å². The second-order valence-corrected chi connectivity index (χ2v) is 11.7. The second-order valence-electron chi connectivity index (χ2n) is 11.7. The van der Waals surface area contributed by atoms with Crippen LogP contribution in [0, 0.1) is 17.6 Å². The number of carbonyl (C=O) groups is 2. The summed E-state index contributed by atoms with van der Waals surface area (Å²) >= 11 is 0. The molecule has 2 heterocycles. The third-order valence-corrected chi connectivity index (χ3v) is 7.69. The fourth-order valence-electron chi connectivity index (χ4n) is 5.79. The van der Waals surface area contributed by atoms with Gasteiger partial charge < -0.3 is 24.6 Å². The summed E-state index contributed by atoms with van der Waals surface area (Å²) in [7, 11) is 0. The van der Waals surface area contributed by atoms with Gasteiger partial charge in [0.2, 0.25) is 0 Å². The minimum absolute atomic E-state index is 0.0172. The first-order chi connectivity index (χ1) is 18.2. The van der Waals surface area contributed by atoms with Crippen LogP contribution >= 0.6 is 0 Å². The fraction of sp³-hybridized carbons (Fsp3) is 0.533. The van der Waals surface area contributed by atoms with Crippen molar-refractivity contribution in [3.63, 3.8) is 0 Å². The van der Waals surface area contributed by atoms with E-state index >= 15 is 0 Å². The van der Waals surface area contributed by atoms with E-state index in [1.54, 1.807) is 32.0 Å². The molecule has 4 atom stereocenters. The van der Waals surface area contributed by atoms with E-state index in [4.69, 9.17) is 9.47 Å². The molecule has 0 aliphatic carbocycles. The summed E-state index contributed by atoms with van der Waals surface area (Å²) in [5, 5.41) is 19.6. The predicted octanol–water partition coefficient (Wildman–Crippen LogP) is 5.64. The molecule has 2 aromatic carbocycles. The van der Waals surface area contributed by atoms with Gasteiger partial charge in [0, 0.05) is 29.7 Å². The van der Waals surface area contributed by atoms with E-state index in [2.05, 4.69) is 6.92 Å². The first-order valence-corrected chi connectivity index (χ1v) is 13.4. The minimum Gasteiger partial charge on any atom is -0.487 e. The lowest BCUT2D eigenvalue weighted by Gasteiger charge is -2.50. The molecule has 2 aromatic rings. The Morgan fingerprint density at radius 1 is 1.13 bits per heavy atom. The highest BCUT2D eigenvalue weighted by Gasteiger charge is 2.49. The molecule has 2 aliphatic rings. The molecule has 39 heavy (non-hydrogen) atoms. The summed E-state index contributed by atoms with van der Waals surface area (Å²) in [5.41, 5.74) is -0.180. The number of fused-ring (bicyclic) bond motifs is 3. The van der Waals surface area contributed by atoms with E-state index < -0.39 is 41.3 Å². The second kappa shape index (κ2) is 11.2. The number of hydrogen-bond acceptors (Lipinski definition) is 5. The summed E-state index contributed by atoms with van der Waals surface area (Å²) in [6, 6.07) is 7.84. The normalized spacial score (nSPS) is 24.3. The quantitative estimate of drug-likeness (QED) is 0.423. The smallest absolute Gasteiger partial charge is 0.323 e. The highest BCUT2D eigenvalue weighted by Crippen LogP contribution is 2.52. The van der Waals surface area contributed by atoms with E-state index in [1.807, 2.05) is 6.92 Å². The van der Waals surface area contributed by atoms with Gasteiger partial charge in [-0.15, -0.1) is 0 Å². The molecule has 1 fully saturated rings. The van der Waals surface area contributed by atoms with Crippen LogP contribution in [0.15, 0.2) is 36.4 Å². The maximum atomic E-state index is 13.7. The maximum absolute atomic E-state index is 13.7.